The Morgan fingerprint density at radius 1 is 0.938 bits per heavy atom. The van der Waals surface area contributed by atoms with Crippen molar-refractivity contribution in [3.8, 4) is 28.4 Å². The number of fused-ring (bicyclic) bond motifs is 3. The summed E-state index contributed by atoms with van der Waals surface area (Å²) >= 11 is 0. The molecule has 0 bridgehead atoms. The van der Waals surface area contributed by atoms with Crippen molar-refractivity contribution in [1.82, 2.24) is 4.90 Å². The Morgan fingerprint density at radius 3 is 2.56 bits per heavy atom. The van der Waals surface area contributed by atoms with Crippen LogP contribution >= 0.6 is 0 Å². The molecule has 162 valence electrons. The Balaban J connectivity index is 1.54. The normalized spacial score (nSPS) is 13.4. The third-order valence-electron chi connectivity index (χ3n) is 5.69. The molecule has 3 aromatic carbocycles. The number of rotatable bonds is 5. The van der Waals surface area contributed by atoms with Crippen LogP contribution < -0.4 is 19.8 Å². The maximum Gasteiger partial charge on any atom is 0.344 e. The van der Waals surface area contributed by atoms with Crippen molar-refractivity contribution in [3.05, 3.63) is 88.3 Å². The summed E-state index contributed by atoms with van der Waals surface area (Å²) < 4.78 is 22.6. The number of hydrogen-bond acceptors (Lipinski definition) is 6. The van der Waals surface area contributed by atoms with E-state index in [1.54, 1.807) is 32.4 Å². The topological polar surface area (TPSA) is 61.1 Å². The van der Waals surface area contributed by atoms with E-state index in [-0.39, 0.29) is 0 Å². The zero-order valence-corrected chi connectivity index (χ0v) is 18.0. The zero-order valence-electron chi connectivity index (χ0n) is 18.0. The Kier molecular flexibility index (Phi) is 5.29. The summed E-state index contributed by atoms with van der Waals surface area (Å²) in [5.74, 6) is 1.95. The van der Waals surface area contributed by atoms with Crippen molar-refractivity contribution in [3.63, 3.8) is 0 Å². The van der Waals surface area contributed by atoms with Crippen LogP contribution in [0, 0.1) is 0 Å². The predicted octanol–water partition coefficient (Wildman–Crippen LogP) is 4.83. The minimum Gasteiger partial charge on any atom is -0.497 e. The second-order valence-electron chi connectivity index (χ2n) is 7.72. The van der Waals surface area contributed by atoms with E-state index in [2.05, 4.69) is 17.0 Å². The number of methoxy groups -OCH3 is 2. The summed E-state index contributed by atoms with van der Waals surface area (Å²) in [6, 6.07) is 21.3. The molecule has 1 aliphatic heterocycles. The van der Waals surface area contributed by atoms with E-state index in [9.17, 15) is 4.79 Å². The van der Waals surface area contributed by atoms with Crippen LogP contribution in [0.1, 0.15) is 11.1 Å². The molecule has 0 atom stereocenters. The summed E-state index contributed by atoms with van der Waals surface area (Å²) in [7, 11) is 3.15. The minimum absolute atomic E-state index is 0.422. The van der Waals surface area contributed by atoms with Crippen LogP contribution in [0.25, 0.3) is 22.1 Å². The van der Waals surface area contributed by atoms with Crippen LogP contribution in [0.15, 0.2) is 75.9 Å². The monoisotopic (exact) mass is 429 g/mol. The summed E-state index contributed by atoms with van der Waals surface area (Å²) in [4.78, 5) is 15.2. The zero-order chi connectivity index (χ0) is 22.1. The van der Waals surface area contributed by atoms with Crippen LogP contribution in [0.3, 0.4) is 0 Å². The summed E-state index contributed by atoms with van der Waals surface area (Å²) in [6.45, 7) is 1.87. The lowest BCUT2D eigenvalue weighted by molar-refractivity contribution is 0.0890. The third kappa shape index (κ3) is 3.69. The number of hydrogen-bond donors (Lipinski definition) is 0. The molecule has 0 amide bonds. The van der Waals surface area contributed by atoms with E-state index >= 15 is 0 Å². The van der Waals surface area contributed by atoms with Gasteiger partial charge in [-0.1, -0.05) is 30.3 Å². The van der Waals surface area contributed by atoms with Crippen molar-refractivity contribution in [2.45, 2.75) is 13.1 Å². The Bertz CT molecular complexity index is 1330. The molecule has 0 saturated heterocycles. The molecule has 4 aromatic rings. The van der Waals surface area contributed by atoms with E-state index in [4.69, 9.17) is 18.6 Å². The Labute approximate surface area is 185 Å². The van der Waals surface area contributed by atoms with E-state index in [0.717, 1.165) is 23.2 Å². The van der Waals surface area contributed by atoms with Crippen LogP contribution in [0.4, 0.5) is 0 Å². The summed E-state index contributed by atoms with van der Waals surface area (Å²) in [5.41, 5.74) is 3.32. The first-order valence-corrected chi connectivity index (χ1v) is 10.4. The molecule has 2 heterocycles. The fourth-order valence-electron chi connectivity index (χ4n) is 4.09. The van der Waals surface area contributed by atoms with Gasteiger partial charge in [0.1, 0.15) is 29.6 Å². The lowest BCUT2D eigenvalue weighted by atomic mass is 10.0. The Hall–Kier alpha value is -3.77. The fraction of sp³-hybridized carbons (Fsp3) is 0.192. The van der Waals surface area contributed by atoms with Gasteiger partial charge in [0.2, 0.25) is 0 Å². The first kappa shape index (κ1) is 20.2. The minimum atomic E-state index is -0.422. The highest BCUT2D eigenvalue weighted by atomic mass is 16.5. The van der Waals surface area contributed by atoms with Gasteiger partial charge in [-0.2, -0.15) is 0 Å². The molecule has 6 nitrogen and oxygen atoms in total. The van der Waals surface area contributed by atoms with Gasteiger partial charge >= 0.3 is 5.63 Å². The quantitative estimate of drug-likeness (QED) is 0.424. The molecule has 0 radical (unpaired) electrons. The average Bonchev–Trinajstić information content (AvgIpc) is 2.84. The fourth-order valence-corrected chi connectivity index (χ4v) is 4.09. The summed E-state index contributed by atoms with van der Waals surface area (Å²) in [5, 5.41) is 0.835. The predicted molar refractivity (Wildman–Crippen MR) is 122 cm³/mol. The highest BCUT2D eigenvalue weighted by molar-refractivity contribution is 5.87. The third-order valence-corrected chi connectivity index (χ3v) is 5.69. The van der Waals surface area contributed by atoms with Crippen molar-refractivity contribution in [2.75, 3.05) is 21.0 Å². The first-order chi connectivity index (χ1) is 15.7. The maximum atomic E-state index is 13.0. The molecule has 1 aliphatic rings. The van der Waals surface area contributed by atoms with Gasteiger partial charge in [0.15, 0.2) is 0 Å². The van der Waals surface area contributed by atoms with Gasteiger partial charge in [0.25, 0.3) is 0 Å². The molecule has 0 N–H and O–H groups in total. The molecule has 0 aliphatic carbocycles. The average molecular weight is 429 g/mol. The number of ether oxygens (including phenoxy) is 3. The molecule has 0 fully saturated rings. The molecule has 1 aromatic heterocycles. The molecule has 6 heteroatoms. The van der Waals surface area contributed by atoms with Crippen LogP contribution in [-0.2, 0) is 13.1 Å². The lowest BCUT2D eigenvalue weighted by Crippen LogP contribution is -2.31. The molecule has 0 unspecified atom stereocenters. The van der Waals surface area contributed by atoms with Crippen molar-refractivity contribution >= 4 is 11.0 Å². The van der Waals surface area contributed by atoms with Crippen LogP contribution in [-0.4, -0.2) is 25.9 Å². The van der Waals surface area contributed by atoms with Crippen molar-refractivity contribution in [1.29, 1.82) is 0 Å². The second-order valence-corrected chi connectivity index (χ2v) is 7.72. The van der Waals surface area contributed by atoms with Gasteiger partial charge in [-0.05, 0) is 35.9 Å². The SMILES string of the molecule is COc1ccc(-c2cc3ccc4c(c3oc2=O)CN(Cc2ccccc2)CO4)c(OC)c1. The van der Waals surface area contributed by atoms with Gasteiger partial charge < -0.3 is 18.6 Å². The highest BCUT2D eigenvalue weighted by Gasteiger charge is 2.23. The van der Waals surface area contributed by atoms with Gasteiger partial charge in [-0.15, -0.1) is 0 Å². The first-order valence-electron chi connectivity index (χ1n) is 10.4. The van der Waals surface area contributed by atoms with Crippen molar-refractivity contribution in [2.24, 2.45) is 0 Å². The van der Waals surface area contributed by atoms with Gasteiger partial charge in [0, 0.05) is 30.1 Å². The standard InChI is InChI=1S/C26H23NO5/c1-29-19-9-10-20(24(13-19)30-2)21-12-18-8-11-23-22(25(18)32-26(21)28)15-27(16-31-23)14-17-6-4-3-5-7-17/h3-13H,14-16H2,1-2H3. The van der Waals surface area contributed by atoms with E-state index in [0.29, 0.717) is 41.5 Å². The molecule has 0 saturated carbocycles. The molecule has 32 heavy (non-hydrogen) atoms. The van der Waals surface area contributed by atoms with Gasteiger partial charge in [-0.3, -0.25) is 4.90 Å². The summed E-state index contributed by atoms with van der Waals surface area (Å²) in [6.07, 6.45) is 0. The number of nitrogens with zero attached hydrogens (tertiary/aromatic N) is 1. The highest BCUT2D eigenvalue weighted by Crippen LogP contribution is 2.36. The number of benzene rings is 3. The molecule has 0 spiro atoms. The van der Waals surface area contributed by atoms with Crippen LogP contribution in [0.2, 0.25) is 0 Å². The largest absolute Gasteiger partial charge is 0.497 e. The second kappa shape index (κ2) is 8.40. The molecular formula is C26H23NO5. The molecular weight excluding hydrogens is 406 g/mol. The smallest absolute Gasteiger partial charge is 0.344 e. The van der Waals surface area contributed by atoms with Crippen molar-refractivity contribution < 1.29 is 18.6 Å². The van der Waals surface area contributed by atoms with E-state index < -0.39 is 5.63 Å². The lowest BCUT2D eigenvalue weighted by Gasteiger charge is -2.29. The Morgan fingerprint density at radius 2 is 1.78 bits per heavy atom. The molecule has 5 rings (SSSR count). The van der Waals surface area contributed by atoms with E-state index in [1.165, 1.54) is 5.56 Å². The van der Waals surface area contributed by atoms with Gasteiger partial charge in [0.05, 0.1) is 25.3 Å². The van der Waals surface area contributed by atoms with Gasteiger partial charge in [-0.25, -0.2) is 4.79 Å². The maximum absolute atomic E-state index is 13.0. The van der Waals surface area contributed by atoms with E-state index in [1.807, 2.05) is 36.4 Å². The van der Waals surface area contributed by atoms with Crippen LogP contribution in [0.5, 0.6) is 17.2 Å².